The van der Waals surface area contributed by atoms with Crippen molar-refractivity contribution in [3.05, 3.63) is 51.9 Å². The molecule has 5 heteroatoms. The summed E-state index contributed by atoms with van der Waals surface area (Å²) in [6.45, 7) is 2.22. The van der Waals surface area contributed by atoms with Gasteiger partial charge in [-0.1, -0.05) is 15.9 Å². The quantitative estimate of drug-likeness (QED) is 0.790. The topological polar surface area (TPSA) is 65.6 Å². The highest BCUT2D eigenvalue weighted by Crippen LogP contribution is 2.27. The molecular weight excluding hydrogens is 310 g/mol. The number of hydrogen-bond acceptors (Lipinski definition) is 4. The molecule has 2 aromatic rings. The molecule has 0 aliphatic carbocycles. The van der Waals surface area contributed by atoms with E-state index in [-0.39, 0.29) is 18.4 Å². The lowest BCUT2D eigenvalue weighted by Gasteiger charge is -2.15. The molecule has 0 aliphatic rings. The van der Waals surface area contributed by atoms with E-state index >= 15 is 0 Å². The van der Waals surface area contributed by atoms with Gasteiger partial charge in [-0.2, -0.15) is 0 Å². The largest absolute Gasteiger partial charge is 0.507 e. The van der Waals surface area contributed by atoms with Gasteiger partial charge >= 0.3 is 0 Å². The summed E-state index contributed by atoms with van der Waals surface area (Å²) in [6.07, 6.45) is 1.57. The first-order valence-corrected chi connectivity index (χ1v) is 6.76. The number of nitrogens with one attached hydrogen (secondary N) is 1. The number of aryl methyl sites for hydroxylation is 1. The van der Waals surface area contributed by atoms with Gasteiger partial charge in [0.25, 0.3) is 0 Å². The minimum absolute atomic E-state index is 0.0682. The van der Waals surface area contributed by atoms with Crippen molar-refractivity contribution >= 4 is 15.9 Å². The van der Waals surface area contributed by atoms with Crippen LogP contribution in [-0.2, 0) is 6.54 Å². The van der Waals surface area contributed by atoms with E-state index < -0.39 is 0 Å². The first kappa shape index (κ1) is 14.1. The lowest BCUT2D eigenvalue weighted by Crippen LogP contribution is -2.23. The Kier molecular flexibility index (Phi) is 4.63. The Morgan fingerprint density at radius 3 is 2.84 bits per heavy atom. The number of phenolic OH excluding ortho intramolecular Hbond substituents is 1. The molecule has 0 saturated carbocycles. The van der Waals surface area contributed by atoms with E-state index in [1.54, 1.807) is 18.4 Å². The van der Waals surface area contributed by atoms with Crippen LogP contribution in [0.5, 0.6) is 5.75 Å². The molecule has 1 heterocycles. The van der Waals surface area contributed by atoms with Gasteiger partial charge in [0.05, 0.1) is 18.9 Å². The van der Waals surface area contributed by atoms with Crippen LogP contribution in [0.2, 0.25) is 0 Å². The second-order valence-electron chi connectivity index (χ2n) is 4.36. The van der Waals surface area contributed by atoms with Crippen molar-refractivity contribution in [2.75, 3.05) is 6.61 Å². The van der Waals surface area contributed by atoms with Crippen LogP contribution in [0.25, 0.3) is 0 Å². The maximum Gasteiger partial charge on any atom is 0.123 e. The maximum atomic E-state index is 9.99. The summed E-state index contributed by atoms with van der Waals surface area (Å²) in [5.74, 6) is 0.945. The van der Waals surface area contributed by atoms with Crippen LogP contribution in [0, 0.1) is 6.92 Å². The molecule has 2 rings (SSSR count). The van der Waals surface area contributed by atoms with Gasteiger partial charge in [0, 0.05) is 16.6 Å². The number of aromatic hydroxyl groups is 1. The predicted molar refractivity (Wildman–Crippen MR) is 75.9 cm³/mol. The molecule has 4 nitrogen and oxygen atoms in total. The Labute approximate surface area is 120 Å². The summed E-state index contributed by atoms with van der Waals surface area (Å²) in [6, 6.07) is 7.01. The van der Waals surface area contributed by atoms with E-state index in [1.807, 2.05) is 19.1 Å². The van der Waals surface area contributed by atoms with Crippen molar-refractivity contribution in [2.24, 2.45) is 0 Å². The standard InChI is InChI=1S/C14H16BrNO3/c1-9-5-11(15)6-10(14(9)18)7-16-12(8-17)13-3-2-4-19-13/h2-6,12,16-18H,7-8H2,1H3. The molecule has 0 spiro atoms. The van der Waals surface area contributed by atoms with Gasteiger partial charge in [-0.15, -0.1) is 0 Å². The molecule has 19 heavy (non-hydrogen) atoms. The summed E-state index contributed by atoms with van der Waals surface area (Å²) in [5, 5.41) is 22.5. The predicted octanol–water partition coefficient (Wildman–Crippen LogP) is 2.88. The third kappa shape index (κ3) is 3.37. The fraction of sp³-hybridized carbons (Fsp3) is 0.286. The van der Waals surface area contributed by atoms with E-state index in [0.717, 1.165) is 15.6 Å². The fourth-order valence-corrected chi connectivity index (χ4v) is 2.54. The van der Waals surface area contributed by atoms with Gasteiger partial charge in [0.15, 0.2) is 0 Å². The highest BCUT2D eigenvalue weighted by molar-refractivity contribution is 9.10. The minimum atomic E-state index is -0.284. The van der Waals surface area contributed by atoms with E-state index in [1.165, 1.54) is 0 Å². The first-order chi connectivity index (χ1) is 9.11. The summed E-state index contributed by atoms with van der Waals surface area (Å²) < 4.78 is 6.17. The Morgan fingerprint density at radius 1 is 1.42 bits per heavy atom. The zero-order chi connectivity index (χ0) is 13.8. The van der Waals surface area contributed by atoms with Crippen molar-refractivity contribution < 1.29 is 14.6 Å². The van der Waals surface area contributed by atoms with Crippen LogP contribution in [0.15, 0.2) is 39.4 Å². The SMILES string of the molecule is Cc1cc(Br)cc(CNC(CO)c2ccco2)c1O. The van der Waals surface area contributed by atoms with Crippen LogP contribution in [0.1, 0.15) is 22.9 Å². The van der Waals surface area contributed by atoms with E-state index in [4.69, 9.17) is 4.42 Å². The smallest absolute Gasteiger partial charge is 0.123 e. The third-order valence-corrected chi connectivity index (χ3v) is 3.41. The molecule has 0 aliphatic heterocycles. The second kappa shape index (κ2) is 6.23. The molecule has 0 bridgehead atoms. The molecule has 1 unspecified atom stereocenters. The molecule has 0 fully saturated rings. The molecular formula is C14H16BrNO3. The number of furan rings is 1. The van der Waals surface area contributed by atoms with Gasteiger partial charge in [0.1, 0.15) is 11.5 Å². The zero-order valence-corrected chi connectivity index (χ0v) is 12.1. The van der Waals surface area contributed by atoms with Gasteiger partial charge in [0.2, 0.25) is 0 Å². The number of hydrogen-bond donors (Lipinski definition) is 3. The Bertz CT molecular complexity index is 540. The van der Waals surface area contributed by atoms with Crippen LogP contribution < -0.4 is 5.32 Å². The molecule has 102 valence electrons. The van der Waals surface area contributed by atoms with Crippen LogP contribution in [-0.4, -0.2) is 16.8 Å². The highest BCUT2D eigenvalue weighted by Gasteiger charge is 2.14. The van der Waals surface area contributed by atoms with Gasteiger partial charge < -0.3 is 19.9 Å². The molecule has 1 atom stereocenters. The van der Waals surface area contributed by atoms with Gasteiger partial charge in [-0.05, 0) is 36.8 Å². The zero-order valence-electron chi connectivity index (χ0n) is 10.6. The van der Waals surface area contributed by atoms with Crippen molar-refractivity contribution in [1.82, 2.24) is 5.32 Å². The van der Waals surface area contributed by atoms with Crippen LogP contribution >= 0.6 is 15.9 Å². The number of aliphatic hydroxyl groups is 1. The number of aliphatic hydroxyl groups excluding tert-OH is 1. The number of halogens is 1. The van der Waals surface area contributed by atoms with Crippen molar-refractivity contribution in [2.45, 2.75) is 19.5 Å². The number of phenols is 1. The molecule has 0 amide bonds. The summed E-state index contributed by atoms with van der Waals surface area (Å²) in [5.41, 5.74) is 1.58. The van der Waals surface area contributed by atoms with E-state index in [0.29, 0.717) is 12.3 Å². The summed E-state index contributed by atoms with van der Waals surface area (Å²) in [4.78, 5) is 0. The van der Waals surface area contributed by atoms with Crippen molar-refractivity contribution in [3.63, 3.8) is 0 Å². The Hall–Kier alpha value is -1.30. The second-order valence-corrected chi connectivity index (χ2v) is 5.28. The maximum absolute atomic E-state index is 9.99. The van der Waals surface area contributed by atoms with Crippen LogP contribution in [0.3, 0.4) is 0 Å². The van der Waals surface area contributed by atoms with Crippen molar-refractivity contribution in [3.8, 4) is 5.75 Å². The molecule has 0 radical (unpaired) electrons. The lowest BCUT2D eigenvalue weighted by atomic mass is 10.1. The van der Waals surface area contributed by atoms with E-state index in [2.05, 4.69) is 21.2 Å². The number of benzene rings is 1. The van der Waals surface area contributed by atoms with Crippen molar-refractivity contribution in [1.29, 1.82) is 0 Å². The van der Waals surface area contributed by atoms with Gasteiger partial charge in [-0.25, -0.2) is 0 Å². The summed E-state index contributed by atoms with van der Waals surface area (Å²) in [7, 11) is 0. The average molecular weight is 326 g/mol. The summed E-state index contributed by atoms with van der Waals surface area (Å²) >= 11 is 3.40. The Balaban J connectivity index is 2.10. The van der Waals surface area contributed by atoms with Crippen LogP contribution in [0.4, 0.5) is 0 Å². The first-order valence-electron chi connectivity index (χ1n) is 5.97. The molecule has 0 saturated heterocycles. The third-order valence-electron chi connectivity index (χ3n) is 2.95. The molecule has 1 aromatic carbocycles. The Morgan fingerprint density at radius 2 is 2.21 bits per heavy atom. The van der Waals surface area contributed by atoms with Gasteiger partial charge in [-0.3, -0.25) is 0 Å². The fourth-order valence-electron chi connectivity index (χ4n) is 1.92. The number of rotatable bonds is 5. The monoisotopic (exact) mass is 325 g/mol. The average Bonchev–Trinajstić information content (AvgIpc) is 2.89. The molecule has 3 N–H and O–H groups in total. The molecule has 1 aromatic heterocycles. The minimum Gasteiger partial charge on any atom is -0.507 e. The highest BCUT2D eigenvalue weighted by atomic mass is 79.9. The normalized spacial score (nSPS) is 12.6. The van der Waals surface area contributed by atoms with E-state index in [9.17, 15) is 10.2 Å². The lowest BCUT2D eigenvalue weighted by molar-refractivity contribution is 0.225.